The zero-order valence-corrected chi connectivity index (χ0v) is 13.0. The van der Waals surface area contributed by atoms with E-state index >= 15 is 0 Å². The second-order valence-electron chi connectivity index (χ2n) is 5.61. The molecule has 0 fully saturated rings. The predicted molar refractivity (Wildman–Crippen MR) is 79.8 cm³/mol. The Bertz CT molecular complexity index is 217. The van der Waals surface area contributed by atoms with Crippen molar-refractivity contribution in [3.8, 4) is 0 Å². The van der Waals surface area contributed by atoms with Crippen molar-refractivity contribution in [2.75, 3.05) is 34.3 Å². The number of hydrogen-bond donors (Lipinski definition) is 1. The number of rotatable bonds is 11. The maximum absolute atomic E-state index is 5.29. The first-order chi connectivity index (χ1) is 8.45. The molecule has 3 heteroatoms. The van der Waals surface area contributed by atoms with Gasteiger partial charge in [-0.15, -0.1) is 0 Å². The van der Waals surface area contributed by atoms with Gasteiger partial charge in [-0.05, 0) is 46.2 Å². The molecule has 0 spiro atoms. The van der Waals surface area contributed by atoms with Gasteiger partial charge in [0.1, 0.15) is 0 Å². The van der Waals surface area contributed by atoms with Crippen LogP contribution in [-0.4, -0.2) is 45.3 Å². The highest BCUT2D eigenvalue weighted by molar-refractivity contribution is 4.90. The summed E-state index contributed by atoms with van der Waals surface area (Å²) in [5, 5.41) is 3.38. The van der Waals surface area contributed by atoms with Crippen molar-refractivity contribution >= 4 is 0 Å². The molecule has 0 aromatic rings. The van der Waals surface area contributed by atoms with Gasteiger partial charge in [-0.25, -0.2) is 0 Å². The van der Waals surface area contributed by atoms with Crippen LogP contribution in [0.3, 0.4) is 0 Å². The third-order valence-corrected chi connectivity index (χ3v) is 3.25. The Morgan fingerprint density at radius 2 is 2.00 bits per heavy atom. The Morgan fingerprint density at radius 1 is 1.33 bits per heavy atom. The van der Waals surface area contributed by atoms with Gasteiger partial charge in [0, 0.05) is 25.9 Å². The molecule has 0 bridgehead atoms. The van der Waals surface area contributed by atoms with Gasteiger partial charge in [0.15, 0.2) is 0 Å². The lowest BCUT2D eigenvalue weighted by Gasteiger charge is -2.17. The number of nitrogens with one attached hydrogen (secondary N) is 1. The molecule has 0 aliphatic rings. The Morgan fingerprint density at radius 3 is 2.56 bits per heavy atom. The molecule has 3 nitrogen and oxygen atoms in total. The van der Waals surface area contributed by atoms with Crippen molar-refractivity contribution in [2.45, 2.75) is 45.6 Å². The second-order valence-corrected chi connectivity index (χ2v) is 5.61. The lowest BCUT2D eigenvalue weighted by Crippen LogP contribution is -2.25. The highest BCUT2D eigenvalue weighted by Gasteiger charge is 2.07. The van der Waals surface area contributed by atoms with E-state index in [4.69, 9.17) is 4.74 Å². The molecule has 2 atom stereocenters. The van der Waals surface area contributed by atoms with Gasteiger partial charge in [-0.1, -0.05) is 19.9 Å². The van der Waals surface area contributed by atoms with Crippen molar-refractivity contribution in [1.29, 1.82) is 0 Å². The molecule has 0 heterocycles. The SMILES string of the molecule is C=C(CCCC(C)CC(C)OC)NCCN(C)C. The van der Waals surface area contributed by atoms with Crippen molar-refractivity contribution in [3.63, 3.8) is 0 Å². The molecule has 0 radical (unpaired) electrons. The van der Waals surface area contributed by atoms with Gasteiger partial charge < -0.3 is 15.0 Å². The summed E-state index contributed by atoms with van der Waals surface area (Å²) in [6.07, 6.45) is 5.07. The van der Waals surface area contributed by atoms with E-state index in [-0.39, 0.29) is 0 Å². The van der Waals surface area contributed by atoms with E-state index in [0.717, 1.165) is 31.8 Å². The van der Waals surface area contributed by atoms with Crippen molar-refractivity contribution in [3.05, 3.63) is 12.3 Å². The van der Waals surface area contributed by atoms with E-state index in [9.17, 15) is 0 Å². The Hall–Kier alpha value is -0.540. The fourth-order valence-electron chi connectivity index (χ4n) is 1.99. The van der Waals surface area contributed by atoms with Crippen LogP contribution in [0.5, 0.6) is 0 Å². The number of methoxy groups -OCH3 is 1. The smallest absolute Gasteiger partial charge is 0.0545 e. The summed E-state index contributed by atoms with van der Waals surface area (Å²) in [4.78, 5) is 2.18. The number of allylic oxidation sites excluding steroid dienone is 1. The zero-order valence-electron chi connectivity index (χ0n) is 13.0. The van der Waals surface area contributed by atoms with Crippen LogP contribution in [0.4, 0.5) is 0 Å². The summed E-state index contributed by atoms with van der Waals surface area (Å²) in [5.74, 6) is 0.731. The Labute approximate surface area is 114 Å². The standard InChI is InChI=1S/C15H32N2O/c1-13(12-15(3)18-6)8-7-9-14(2)16-10-11-17(4)5/h13,15-16H,2,7-12H2,1,3-6H3. The largest absolute Gasteiger partial charge is 0.388 e. The molecule has 2 unspecified atom stereocenters. The number of nitrogens with zero attached hydrogens (tertiary/aromatic N) is 1. The van der Waals surface area contributed by atoms with Gasteiger partial charge in [0.25, 0.3) is 0 Å². The molecule has 0 aromatic heterocycles. The van der Waals surface area contributed by atoms with E-state index < -0.39 is 0 Å². The lowest BCUT2D eigenvalue weighted by molar-refractivity contribution is 0.0958. The molecule has 0 aliphatic carbocycles. The molecule has 1 N–H and O–H groups in total. The van der Waals surface area contributed by atoms with Crippen molar-refractivity contribution in [2.24, 2.45) is 5.92 Å². The first kappa shape index (κ1) is 17.5. The highest BCUT2D eigenvalue weighted by atomic mass is 16.5. The average Bonchev–Trinajstić information content (AvgIpc) is 2.28. The van der Waals surface area contributed by atoms with Gasteiger partial charge in [0.2, 0.25) is 0 Å². The van der Waals surface area contributed by atoms with E-state index in [1.165, 1.54) is 18.5 Å². The fraction of sp³-hybridized carbons (Fsp3) is 0.867. The molecule has 0 amide bonds. The van der Waals surface area contributed by atoms with Crippen LogP contribution in [-0.2, 0) is 4.74 Å². The van der Waals surface area contributed by atoms with E-state index in [1.807, 2.05) is 0 Å². The van der Waals surface area contributed by atoms with Gasteiger partial charge in [-0.3, -0.25) is 0 Å². The Balaban J connectivity index is 3.49. The molecular formula is C15H32N2O. The molecule has 0 saturated carbocycles. The van der Waals surface area contributed by atoms with Crippen LogP contribution in [0.15, 0.2) is 12.3 Å². The van der Waals surface area contributed by atoms with Crippen LogP contribution in [0.25, 0.3) is 0 Å². The predicted octanol–water partition coefficient (Wildman–Crippen LogP) is 2.88. The maximum Gasteiger partial charge on any atom is 0.0545 e. The minimum Gasteiger partial charge on any atom is -0.388 e. The molecule has 0 saturated heterocycles. The van der Waals surface area contributed by atoms with E-state index in [2.05, 4.69) is 44.7 Å². The molecule has 0 rings (SSSR count). The summed E-state index contributed by atoms with van der Waals surface area (Å²) < 4.78 is 5.29. The van der Waals surface area contributed by atoms with Gasteiger partial charge in [0.05, 0.1) is 6.10 Å². The highest BCUT2D eigenvalue weighted by Crippen LogP contribution is 2.16. The molecule has 18 heavy (non-hydrogen) atoms. The average molecular weight is 256 g/mol. The first-order valence-electron chi connectivity index (χ1n) is 7.04. The van der Waals surface area contributed by atoms with Crippen molar-refractivity contribution in [1.82, 2.24) is 10.2 Å². The minimum absolute atomic E-state index is 0.376. The van der Waals surface area contributed by atoms with Gasteiger partial charge >= 0.3 is 0 Å². The number of likely N-dealkylation sites (N-methyl/N-ethyl adjacent to an activating group) is 1. The van der Waals surface area contributed by atoms with Crippen LogP contribution >= 0.6 is 0 Å². The van der Waals surface area contributed by atoms with Gasteiger partial charge in [-0.2, -0.15) is 0 Å². The first-order valence-corrected chi connectivity index (χ1v) is 7.04. The fourth-order valence-corrected chi connectivity index (χ4v) is 1.99. The summed E-state index contributed by atoms with van der Waals surface area (Å²) in [6, 6.07) is 0. The second kappa shape index (κ2) is 10.4. The monoisotopic (exact) mass is 256 g/mol. The third-order valence-electron chi connectivity index (χ3n) is 3.25. The lowest BCUT2D eigenvalue weighted by atomic mass is 9.97. The molecule has 0 aliphatic heterocycles. The minimum atomic E-state index is 0.376. The molecule has 0 aromatic carbocycles. The summed E-state index contributed by atoms with van der Waals surface area (Å²) >= 11 is 0. The summed E-state index contributed by atoms with van der Waals surface area (Å²) in [5.41, 5.74) is 1.17. The van der Waals surface area contributed by atoms with Crippen LogP contribution in [0, 0.1) is 5.92 Å². The van der Waals surface area contributed by atoms with Crippen LogP contribution in [0.1, 0.15) is 39.5 Å². The molecular weight excluding hydrogens is 224 g/mol. The van der Waals surface area contributed by atoms with Crippen molar-refractivity contribution < 1.29 is 4.74 Å². The third kappa shape index (κ3) is 10.6. The summed E-state index contributed by atoms with van der Waals surface area (Å²) in [6.45, 7) is 10.6. The zero-order chi connectivity index (χ0) is 14.0. The topological polar surface area (TPSA) is 24.5 Å². The summed E-state index contributed by atoms with van der Waals surface area (Å²) in [7, 11) is 5.96. The van der Waals surface area contributed by atoms with Crippen LogP contribution < -0.4 is 5.32 Å². The maximum atomic E-state index is 5.29. The quantitative estimate of drug-likeness (QED) is 0.615. The van der Waals surface area contributed by atoms with E-state index in [0.29, 0.717) is 6.10 Å². The van der Waals surface area contributed by atoms with Crippen LogP contribution in [0.2, 0.25) is 0 Å². The Kier molecular flexibility index (Phi) is 10.1. The number of hydrogen-bond acceptors (Lipinski definition) is 3. The molecule has 108 valence electrons. The van der Waals surface area contributed by atoms with E-state index in [1.54, 1.807) is 7.11 Å². The normalized spacial score (nSPS) is 14.6. The number of ether oxygens (including phenoxy) is 1.